The van der Waals surface area contributed by atoms with Gasteiger partial charge in [0.2, 0.25) is 5.91 Å². The molecule has 0 spiro atoms. The first kappa shape index (κ1) is 16.4. The Labute approximate surface area is 139 Å². The molecule has 1 N–H and O–H groups in total. The second-order valence-electron chi connectivity index (χ2n) is 5.76. The van der Waals surface area contributed by atoms with E-state index in [9.17, 15) is 9.59 Å². The number of nitrogens with one attached hydrogen (secondary N) is 1. The number of aromatic nitrogens is 4. The fraction of sp³-hybridized carbons (Fsp3) is 0.500. The summed E-state index contributed by atoms with van der Waals surface area (Å²) in [6.07, 6.45) is 3.09. The number of hydrogen-bond donors (Lipinski definition) is 1. The number of aromatic amines is 1. The van der Waals surface area contributed by atoms with Crippen molar-refractivity contribution in [3.05, 3.63) is 46.4 Å². The van der Waals surface area contributed by atoms with Gasteiger partial charge in [0.05, 0.1) is 13.2 Å². The summed E-state index contributed by atoms with van der Waals surface area (Å²) >= 11 is 0. The maximum Gasteiger partial charge on any atom is 0.250 e. The molecule has 128 valence electrons. The molecule has 0 unspecified atom stereocenters. The van der Waals surface area contributed by atoms with Crippen molar-refractivity contribution in [2.45, 2.75) is 32.4 Å². The maximum atomic E-state index is 12.5. The van der Waals surface area contributed by atoms with Crippen molar-refractivity contribution in [2.24, 2.45) is 0 Å². The van der Waals surface area contributed by atoms with Crippen LogP contribution >= 0.6 is 0 Å². The van der Waals surface area contributed by atoms with Gasteiger partial charge < -0.3 is 14.2 Å². The van der Waals surface area contributed by atoms with E-state index in [1.807, 2.05) is 0 Å². The summed E-state index contributed by atoms with van der Waals surface area (Å²) in [6, 6.07) is 4.84. The van der Waals surface area contributed by atoms with Gasteiger partial charge in [-0.1, -0.05) is 13.0 Å². The number of carbonyl (C=O) groups is 1. The molecule has 8 nitrogen and oxygen atoms in total. The summed E-state index contributed by atoms with van der Waals surface area (Å²) < 4.78 is 7.10. The first-order valence-corrected chi connectivity index (χ1v) is 8.13. The normalized spacial score (nSPS) is 17.9. The zero-order valence-corrected chi connectivity index (χ0v) is 13.6. The minimum absolute atomic E-state index is 0.0292. The third kappa shape index (κ3) is 3.70. The topological polar surface area (TPSA) is 93.1 Å². The SMILES string of the molecule is CCCc1nc([C@H]2CN(C(=O)Cn3ccccc3=O)CCO2)n[nH]1. The molecule has 1 fully saturated rings. The van der Waals surface area contributed by atoms with Gasteiger partial charge in [-0.05, 0) is 12.5 Å². The van der Waals surface area contributed by atoms with Crippen LogP contribution in [-0.2, 0) is 22.5 Å². The molecule has 0 aliphatic carbocycles. The number of H-pyrrole nitrogens is 1. The summed E-state index contributed by atoms with van der Waals surface area (Å²) in [6.45, 7) is 3.43. The van der Waals surface area contributed by atoms with Gasteiger partial charge in [-0.3, -0.25) is 14.7 Å². The van der Waals surface area contributed by atoms with Crippen molar-refractivity contribution in [1.29, 1.82) is 0 Å². The van der Waals surface area contributed by atoms with Crippen LogP contribution in [0.3, 0.4) is 0 Å². The lowest BCUT2D eigenvalue weighted by Gasteiger charge is -2.31. The number of pyridine rings is 1. The van der Waals surface area contributed by atoms with E-state index in [-0.39, 0.29) is 24.1 Å². The molecule has 8 heteroatoms. The molecule has 0 radical (unpaired) electrons. The minimum atomic E-state index is -0.336. The van der Waals surface area contributed by atoms with E-state index in [1.165, 1.54) is 10.6 Å². The van der Waals surface area contributed by atoms with Crippen LogP contribution in [0.5, 0.6) is 0 Å². The number of nitrogens with zero attached hydrogens (tertiary/aromatic N) is 4. The van der Waals surface area contributed by atoms with Crippen LogP contribution in [0.25, 0.3) is 0 Å². The Kier molecular flexibility index (Phi) is 5.05. The van der Waals surface area contributed by atoms with Crippen LogP contribution in [-0.4, -0.2) is 50.3 Å². The van der Waals surface area contributed by atoms with Crippen molar-refractivity contribution in [3.8, 4) is 0 Å². The molecule has 0 bridgehead atoms. The van der Waals surface area contributed by atoms with Gasteiger partial charge >= 0.3 is 0 Å². The summed E-state index contributed by atoms with van der Waals surface area (Å²) in [7, 11) is 0. The Morgan fingerprint density at radius 1 is 1.46 bits per heavy atom. The fourth-order valence-electron chi connectivity index (χ4n) is 2.67. The fourth-order valence-corrected chi connectivity index (χ4v) is 2.67. The molecule has 1 aliphatic rings. The molecule has 24 heavy (non-hydrogen) atoms. The summed E-state index contributed by atoms with van der Waals surface area (Å²) in [5.74, 6) is 1.30. The van der Waals surface area contributed by atoms with Gasteiger partial charge in [0, 0.05) is 25.2 Å². The standard InChI is InChI=1S/C16H21N5O3/c1-2-5-13-17-16(19-18-13)12-10-21(8-9-24-12)15(23)11-20-7-4-3-6-14(20)22/h3-4,6-7,12H,2,5,8-11H2,1H3,(H,17,18,19)/t12-/m1/s1. The molecular weight excluding hydrogens is 310 g/mol. The Balaban J connectivity index is 1.65. The van der Waals surface area contributed by atoms with Gasteiger partial charge in [-0.15, -0.1) is 0 Å². The highest BCUT2D eigenvalue weighted by atomic mass is 16.5. The largest absolute Gasteiger partial charge is 0.366 e. The molecule has 1 aliphatic heterocycles. The number of aryl methyl sites for hydroxylation is 1. The van der Waals surface area contributed by atoms with Gasteiger partial charge in [-0.25, -0.2) is 4.98 Å². The van der Waals surface area contributed by atoms with Crippen LogP contribution in [0, 0.1) is 0 Å². The van der Waals surface area contributed by atoms with Crippen LogP contribution in [0.4, 0.5) is 0 Å². The molecule has 0 aromatic carbocycles. The van der Waals surface area contributed by atoms with E-state index in [0.717, 1.165) is 18.7 Å². The number of rotatable bonds is 5. The van der Waals surface area contributed by atoms with Gasteiger partial charge in [0.15, 0.2) is 5.82 Å². The number of morpholine rings is 1. The van der Waals surface area contributed by atoms with Gasteiger partial charge in [-0.2, -0.15) is 5.10 Å². The van der Waals surface area contributed by atoms with Crippen molar-refractivity contribution >= 4 is 5.91 Å². The summed E-state index contributed by atoms with van der Waals surface area (Å²) in [5.41, 5.74) is -0.186. The monoisotopic (exact) mass is 331 g/mol. The molecular formula is C16H21N5O3. The lowest BCUT2D eigenvalue weighted by Crippen LogP contribution is -2.44. The van der Waals surface area contributed by atoms with Crippen LogP contribution in [0.1, 0.15) is 31.1 Å². The Morgan fingerprint density at radius 2 is 2.33 bits per heavy atom. The van der Waals surface area contributed by atoms with Crippen molar-refractivity contribution < 1.29 is 9.53 Å². The van der Waals surface area contributed by atoms with Crippen LogP contribution in [0.15, 0.2) is 29.2 Å². The van der Waals surface area contributed by atoms with E-state index in [0.29, 0.717) is 25.5 Å². The summed E-state index contributed by atoms with van der Waals surface area (Å²) in [4.78, 5) is 30.3. The molecule has 2 aromatic heterocycles. The number of amides is 1. The highest BCUT2D eigenvalue weighted by Gasteiger charge is 2.28. The van der Waals surface area contributed by atoms with E-state index in [2.05, 4.69) is 22.1 Å². The van der Waals surface area contributed by atoms with E-state index >= 15 is 0 Å². The van der Waals surface area contributed by atoms with Gasteiger partial charge in [0.25, 0.3) is 5.56 Å². The molecule has 3 rings (SSSR count). The summed E-state index contributed by atoms with van der Waals surface area (Å²) in [5, 5.41) is 7.10. The van der Waals surface area contributed by atoms with E-state index < -0.39 is 0 Å². The second kappa shape index (κ2) is 7.39. The van der Waals surface area contributed by atoms with Crippen molar-refractivity contribution in [2.75, 3.05) is 19.7 Å². The molecule has 0 saturated carbocycles. The van der Waals surface area contributed by atoms with E-state index in [1.54, 1.807) is 23.2 Å². The van der Waals surface area contributed by atoms with Crippen molar-refractivity contribution in [1.82, 2.24) is 24.6 Å². The lowest BCUT2D eigenvalue weighted by molar-refractivity contribution is -0.140. The molecule has 1 atom stereocenters. The average molecular weight is 331 g/mol. The highest BCUT2D eigenvalue weighted by molar-refractivity contribution is 5.76. The zero-order chi connectivity index (χ0) is 16.9. The third-order valence-electron chi connectivity index (χ3n) is 3.95. The highest BCUT2D eigenvalue weighted by Crippen LogP contribution is 2.19. The molecule has 3 heterocycles. The molecule has 2 aromatic rings. The van der Waals surface area contributed by atoms with E-state index in [4.69, 9.17) is 4.74 Å². The first-order valence-electron chi connectivity index (χ1n) is 8.13. The van der Waals surface area contributed by atoms with Crippen LogP contribution < -0.4 is 5.56 Å². The Bertz CT molecular complexity index is 754. The Hall–Kier alpha value is -2.48. The smallest absolute Gasteiger partial charge is 0.250 e. The zero-order valence-electron chi connectivity index (χ0n) is 13.6. The second-order valence-corrected chi connectivity index (χ2v) is 5.76. The predicted molar refractivity (Wildman–Crippen MR) is 86.4 cm³/mol. The number of carbonyl (C=O) groups excluding carboxylic acids is 1. The first-order chi connectivity index (χ1) is 11.7. The minimum Gasteiger partial charge on any atom is -0.366 e. The third-order valence-corrected chi connectivity index (χ3v) is 3.95. The number of hydrogen-bond acceptors (Lipinski definition) is 5. The van der Waals surface area contributed by atoms with Gasteiger partial charge in [0.1, 0.15) is 18.5 Å². The van der Waals surface area contributed by atoms with Crippen molar-refractivity contribution in [3.63, 3.8) is 0 Å². The van der Waals surface area contributed by atoms with Crippen LogP contribution in [0.2, 0.25) is 0 Å². The predicted octanol–water partition coefficient (Wildman–Crippen LogP) is 0.519. The molecule has 1 amide bonds. The quantitative estimate of drug-likeness (QED) is 0.862. The lowest BCUT2D eigenvalue weighted by atomic mass is 10.2. The average Bonchev–Trinajstić information content (AvgIpc) is 3.06. The maximum absolute atomic E-state index is 12.5. The Morgan fingerprint density at radius 3 is 3.12 bits per heavy atom. The molecule has 1 saturated heterocycles. The number of ether oxygens (including phenoxy) is 1.